The molecule has 1 aliphatic heterocycles. The van der Waals surface area contributed by atoms with Gasteiger partial charge in [-0.3, -0.25) is 9.59 Å². The first-order valence-electron chi connectivity index (χ1n) is 11.4. The minimum atomic E-state index is -0.0539. The van der Waals surface area contributed by atoms with E-state index < -0.39 is 0 Å². The summed E-state index contributed by atoms with van der Waals surface area (Å²) in [6, 6.07) is 15.6. The molecule has 0 bridgehead atoms. The third-order valence-electron chi connectivity index (χ3n) is 5.27. The van der Waals surface area contributed by atoms with Crippen molar-refractivity contribution in [2.45, 2.75) is 46.2 Å². The van der Waals surface area contributed by atoms with Crippen LogP contribution in [0.25, 0.3) is 0 Å². The van der Waals surface area contributed by atoms with Gasteiger partial charge in [-0.15, -0.1) is 24.0 Å². The van der Waals surface area contributed by atoms with Crippen molar-refractivity contribution >= 4 is 47.4 Å². The molecule has 1 fully saturated rings. The van der Waals surface area contributed by atoms with E-state index >= 15 is 0 Å². The largest absolute Gasteiger partial charge is 0.357 e. The molecule has 0 aliphatic carbocycles. The van der Waals surface area contributed by atoms with Crippen molar-refractivity contribution in [3.05, 3.63) is 65.2 Å². The molecule has 0 aromatic heterocycles. The van der Waals surface area contributed by atoms with Crippen LogP contribution in [0.4, 0.5) is 5.69 Å². The quantitative estimate of drug-likeness (QED) is 0.246. The molecule has 1 aliphatic rings. The molecule has 2 aromatic carbocycles. The zero-order chi connectivity index (χ0) is 22.8. The lowest BCUT2D eigenvalue weighted by molar-refractivity contribution is -0.117. The normalized spacial score (nSPS) is 13.5. The summed E-state index contributed by atoms with van der Waals surface area (Å²) in [5.74, 6) is 0.860. The molecule has 2 aromatic rings. The highest BCUT2D eigenvalue weighted by Gasteiger charge is 2.21. The topological polar surface area (TPSA) is 85.8 Å². The van der Waals surface area contributed by atoms with Crippen LogP contribution in [0, 0.1) is 0 Å². The van der Waals surface area contributed by atoms with E-state index in [4.69, 9.17) is 0 Å². The number of benzene rings is 2. The zero-order valence-electron chi connectivity index (χ0n) is 19.4. The Morgan fingerprint density at radius 1 is 1.03 bits per heavy atom. The maximum absolute atomic E-state index is 12.2. The van der Waals surface area contributed by atoms with Gasteiger partial charge in [0.1, 0.15) is 0 Å². The first kappa shape index (κ1) is 26.6. The van der Waals surface area contributed by atoms with Crippen molar-refractivity contribution in [3.63, 3.8) is 0 Å². The second-order valence-corrected chi connectivity index (χ2v) is 7.82. The lowest BCUT2D eigenvalue weighted by Crippen LogP contribution is -2.36. The van der Waals surface area contributed by atoms with Gasteiger partial charge in [-0.25, -0.2) is 4.99 Å². The third-order valence-corrected chi connectivity index (χ3v) is 5.27. The van der Waals surface area contributed by atoms with Crippen LogP contribution < -0.4 is 20.9 Å². The van der Waals surface area contributed by atoms with E-state index in [1.807, 2.05) is 67.3 Å². The summed E-state index contributed by atoms with van der Waals surface area (Å²) in [4.78, 5) is 30.6. The van der Waals surface area contributed by atoms with Crippen LogP contribution in [0.1, 0.15) is 54.6 Å². The van der Waals surface area contributed by atoms with Gasteiger partial charge in [-0.2, -0.15) is 0 Å². The average molecular weight is 563 g/mol. The number of guanidine groups is 1. The van der Waals surface area contributed by atoms with E-state index in [1.165, 1.54) is 0 Å². The number of aliphatic imine (C=N–C) groups is 1. The van der Waals surface area contributed by atoms with Crippen molar-refractivity contribution in [1.82, 2.24) is 16.0 Å². The van der Waals surface area contributed by atoms with Crippen LogP contribution in [0.15, 0.2) is 53.5 Å². The highest BCUT2D eigenvalue weighted by Crippen LogP contribution is 2.21. The molecule has 1 saturated heterocycles. The van der Waals surface area contributed by atoms with Gasteiger partial charge < -0.3 is 20.9 Å². The summed E-state index contributed by atoms with van der Waals surface area (Å²) in [6.45, 7) is 7.38. The molecule has 3 N–H and O–H groups in total. The number of amides is 2. The molecular weight excluding hydrogens is 529 g/mol. The third kappa shape index (κ3) is 8.03. The molecule has 1 heterocycles. The number of carbonyl (C=O) groups is 2. The van der Waals surface area contributed by atoms with Crippen molar-refractivity contribution in [2.75, 3.05) is 24.5 Å². The second-order valence-electron chi connectivity index (χ2n) is 7.82. The fourth-order valence-corrected chi connectivity index (χ4v) is 3.56. The molecular formula is C25H34IN5O2. The van der Waals surface area contributed by atoms with Crippen molar-refractivity contribution in [3.8, 4) is 0 Å². The van der Waals surface area contributed by atoms with Crippen LogP contribution in [-0.2, 0) is 17.9 Å². The van der Waals surface area contributed by atoms with Crippen LogP contribution in [-0.4, -0.2) is 37.4 Å². The highest BCUT2D eigenvalue weighted by molar-refractivity contribution is 14.0. The van der Waals surface area contributed by atoms with E-state index in [0.717, 1.165) is 42.7 Å². The maximum Gasteiger partial charge on any atom is 0.251 e. The van der Waals surface area contributed by atoms with Crippen LogP contribution >= 0.6 is 24.0 Å². The number of hydrogen-bond donors (Lipinski definition) is 3. The average Bonchev–Trinajstić information content (AvgIpc) is 3.25. The van der Waals surface area contributed by atoms with Gasteiger partial charge in [0.2, 0.25) is 5.91 Å². The smallest absolute Gasteiger partial charge is 0.251 e. The SMILES string of the molecule is CCCNC(=O)c1cccc(CN=C(NCC)NCc2ccc(N3CCCC3=O)cc2)c1.I. The van der Waals surface area contributed by atoms with Crippen molar-refractivity contribution < 1.29 is 9.59 Å². The number of halogens is 1. The van der Waals surface area contributed by atoms with Crippen LogP contribution in [0.5, 0.6) is 0 Å². The summed E-state index contributed by atoms with van der Waals surface area (Å²) in [6.07, 6.45) is 2.47. The molecule has 0 radical (unpaired) electrons. The Morgan fingerprint density at radius 3 is 2.48 bits per heavy atom. The number of carbonyl (C=O) groups excluding carboxylic acids is 2. The predicted molar refractivity (Wildman–Crippen MR) is 144 cm³/mol. The number of nitrogens with zero attached hydrogens (tertiary/aromatic N) is 2. The number of rotatable bonds is 9. The molecule has 0 saturated carbocycles. The molecule has 7 nitrogen and oxygen atoms in total. The van der Waals surface area contributed by atoms with E-state index in [0.29, 0.717) is 37.6 Å². The Kier molecular flexibility index (Phi) is 11.2. The van der Waals surface area contributed by atoms with Crippen molar-refractivity contribution in [2.24, 2.45) is 4.99 Å². The minimum Gasteiger partial charge on any atom is -0.357 e. The first-order valence-corrected chi connectivity index (χ1v) is 11.4. The Morgan fingerprint density at radius 2 is 1.82 bits per heavy atom. The minimum absolute atomic E-state index is 0. The van der Waals surface area contributed by atoms with Gasteiger partial charge in [0.05, 0.1) is 6.54 Å². The van der Waals surface area contributed by atoms with Crippen LogP contribution in [0.2, 0.25) is 0 Å². The summed E-state index contributed by atoms with van der Waals surface area (Å²) >= 11 is 0. The Balaban J connectivity index is 0.00000385. The van der Waals surface area contributed by atoms with E-state index in [9.17, 15) is 9.59 Å². The molecule has 0 spiro atoms. The fraction of sp³-hybridized carbons (Fsp3) is 0.400. The Bertz CT molecular complexity index is 946. The lowest BCUT2D eigenvalue weighted by Gasteiger charge is -2.16. The molecule has 3 rings (SSSR count). The van der Waals surface area contributed by atoms with E-state index in [2.05, 4.69) is 20.9 Å². The monoisotopic (exact) mass is 563 g/mol. The summed E-state index contributed by atoms with van der Waals surface area (Å²) in [7, 11) is 0. The summed E-state index contributed by atoms with van der Waals surface area (Å²) in [5.41, 5.74) is 3.70. The van der Waals surface area contributed by atoms with Gasteiger partial charge in [0, 0.05) is 43.9 Å². The molecule has 8 heteroatoms. The summed E-state index contributed by atoms with van der Waals surface area (Å²) in [5, 5.41) is 9.51. The van der Waals surface area contributed by atoms with Gasteiger partial charge in [0.15, 0.2) is 5.96 Å². The number of hydrogen-bond acceptors (Lipinski definition) is 3. The molecule has 0 unspecified atom stereocenters. The lowest BCUT2D eigenvalue weighted by atomic mass is 10.1. The number of anilines is 1. The fourth-order valence-electron chi connectivity index (χ4n) is 3.56. The predicted octanol–water partition coefficient (Wildman–Crippen LogP) is 3.83. The molecule has 33 heavy (non-hydrogen) atoms. The van der Waals surface area contributed by atoms with E-state index in [1.54, 1.807) is 0 Å². The van der Waals surface area contributed by atoms with Gasteiger partial charge in [0.25, 0.3) is 5.91 Å². The summed E-state index contributed by atoms with van der Waals surface area (Å²) < 4.78 is 0. The first-order chi connectivity index (χ1) is 15.6. The maximum atomic E-state index is 12.2. The highest BCUT2D eigenvalue weighted by atomic mass is 127. The molecule has 0 atom stereocenters. The zero-order valence-corrected chi connectivity index (χ0v) is 21.7. The standard InChI is InChI=1S/C25H33N5O2.HI/c1-3-14-27-24(32)21-8-5-7-20(16-21)18-29-25(26-4-2)28-17-19-10-12-22(13-11-19)30-15-6-9-23(30)31;/h5,7-8,10-13,16H,3-4,6,9,14-15,17-18H2,1-2H3,(H,27,32)(H2,26,28,29);1H. The van der Waals surface area contributed by atoms with Crippen molar-refractivity contribution in [1.29, 1.82) is 0 Å². The van der Waals surface area contributed by atoms with Crippen LogP contribution in [0.3, 0.4) is 0 Å². The van der Waals surface area contributed by atoms with Gasteiger partial charge in [-0.1, -0.05) is 31.2 Å². The number of nitrogens with one attached hydrogen (secondary N) is 3. The van der Waals surface area contributed by atoms with Gasteiger partial charge >= 0.3 is 0 Å². The van der Waals surface area contributed by atoms with Gasteiger partial charge in [-0.05, 0) is 55.2 Å². The van der Waals surface area contributed by atoms with E-state index in [-0.39, 0.29) is 35.8 Å². The second kappa shape index (κ2) is 13.8. The Labute approximate surface area is 213 Å². The Hall–Kier alpha value is -2.62. The molecule has 2 amide bonds. The molecule has 178 valence electrons.